The summed E-state index contributed by atoms with van der Waals surface area (Å²) in [5.41, 5.74) is 4.14. The molecule has 5 rings (SSSR count). The third kappa shape index (κ3) is 4.10. The largest absolute Gasteiger partial charge is 0.351 e. The highest BCUT2D eigenvalue weighted by molar-refractivity contribution is 7.11. The fraction of sp³-hybridized carbons (Fsp3) is 0.333. The topological polar surface area (TPSA) is 86.8 Å². The van der Waals surface area contributed by atoms with Crippen LogP contribution in [0.5, 0.6) is 0 Å². The van der Waals surface area contributed by atoms with Gasteiger partial charge in [-0.3, -0.25) is 4.79 Å². The number of benzene rings is 1. The number of likely N-dealkylation sites (tertiary alicyclic amines) is 1. The second-order valence-electron chi connectivity index (χ2n) is 8.51. The van der Waals surface area contributed by atoms with E-state index in [4.69, 9.17) is 0 Å². The molecule has 4 aromatic rings. The molecule has 2 N–H and O–H groups in total. The van der Waals surface area contributed by atoms with E-state index in [1.54, 1.807) is 17.5 Å². The van der Waals surface area contributed by atoms with E-state index >= 15 is 0 Å². The number of nitrogens with zero attached hydrogens (tertiary/aromatic N) is 4. The normalized spacial score (nSPS) is 16.5. The third-order valence-corrected chi connectivity index (χ3v) is 6.74. The van der Waals surface area contributed by atoms with Crippen LogP contribution in [0.2, 0.25) is 0 Å². The lowest BCUT2D eigenvalue weighted by Crippen LogP contribution is -2.39. The number of nitrogens with one attached hydrogen (secondary N) is 2. The Morgan fingerprint density at radius 2 is 2.09 bits per heavy atom. The van der Waals surface area contributed by atoms with Gasteiger partial charge < -0.3 is 15.2 Å². The predicted octanol–water partition coefficient (Wildman–Crippen LogP) is 5.31. The van der Waals surface area contributed by atoms with Crippen LogP contribution in [0.3, 0.4) is 0 Å². The molecule has 0 bridgehead atoms. The van der Waals surface area contributed by atoms with Crippen LogP contribution in [0.25, 0.3) is 22.3 Å². The zero-order valence-electron chi connectivity index (χ0n) is 18.5. The van der Waals surface area contributed by atoms with E-state index in [1.165, 1.54) is 6.42 Å². The second kappa shape index (κ2) is 8.35. The molecule has 1 saturated heterocycles. The number of piperidine rings is 1. The summed E-state index contributed by atoms with van der Waals surface area (Å²) in [5.74, 6) is 1.15. The lowest BCUT2D eigenvalue weighted by molar-refractivity contribution is 0.0678. The maximum Gasteiger partial charge on any atom is 0.270 e. The third-order valence-electron chi connectivity index (χ3n) is 5.85. The standard InChI is InChI=1S/C24H26N6OS/c1-14-5-4-10-30(13-14)23(31)21-12-17-11-18(6-7-19(17)28-21)27-24-25-9-8-20(29-24)22-15(2)32-16(3)26-22/h6-9,11-12,14,28H,4-5,10,13H2,1-3H3,(H,25,27,29). The van der Waals surface area contributed by atoms with Gasteiger partial charge in [0.1, 0.15) is 11.4 Å². The van der Waals surface area contributed by atoms with E-state index in [2.05, 4.69) is 39.1 Å². The first-order valence-corrected chi connectivity index (χ1v) is 11.7. The average Bonchev–Trinajstić information content (AvgIpc) is 3.35. The molecule has 1 unspecified atom stereocenters. The van der Waals surface area contributed by atoms with Crippen molar-refractivity contribution in [3.8, 4) is 11.4 Å². The Balaban J connectivity index is 1.37. The summed E-state index contributed by atoms with van der Waals surface area (Å²) >= 11 is 1.66. The molecular weight excluding hydrogens is 420 g/mol. The van der Waals surface area contributed by atoms with E-state index < -0.39 is 0 Å². The first-order chi connectivity index (χ1) is 15.5. The van der Waals surface area contributed by atoms with Crippen molar-refractivity contribution in [1.29, 1.82) is 0 Å². The maximum absolute atomic E-state index is 12.9. The van der Waals surface area contributed by atoms with Crippen LogP contribution >= 0.6 is 11.3 Å². The van der Waals surface area contributed by atoms with Crippen LogP contribution in [0.1, 0.15) is 40.1 Å². The van der Waals surface area contributed by atoms with Crippen molar-refractivity contribution in [1.82, 2.24) is 24.8 Å². The van der Waals surface area contributed by atoms with Gasteiger partial charge in [0.15, 0.2) is 0 Å². The van der Waals surface area contributed by atoms with Crippen LogP contribution in [0.15, 0.2) is 36.5 Å². The van der Waals surface area contributed by atoms with Crippen LogP contribution in [0.4, 0.5) is 11.6 Å². The Morgan fingerprint density at radius 1 is 1.22 bits per heavy atom. The van der Waals surface area contributed by atoms with E-state index in [9.17, 15) is 4.79 Å². The number of anilines is 2. The highest BCUT2D eigenvalue weighted by atomic mass is 32.1. The molecule has 1 aliphatic heterocycles. The van der Waals surface area contributed by atoms with Gasteiger partial charge in [-0.15, -0.1) is 11.3 Å². The van der Waals surface area contributed by atoms with Crippen molar-refractivity contribution >= 4 is 39.8 Å². The van der Waals surface area contributed by atoms with E-state index in [0.717, 1.165) is 57.4 Å². The highest BCUT2D eigenvalue weighted by Crippen LogP contribution is 2.27. The minimum absolute atomic E-state index is 0.0761. The summed E-state index contributed by atoms with van der Waals surface area (Å²) < 4.78 is 0. The number of aryl methyl sites for hydroxylation is 2. The number of hydrogen-bond donors (Lipinski definition) is 2. The van der Waals surface area contributed by atoms with Crippen molar-refractivity contribution in [2.45, 2.75) is 33.6 Å². The highest BCUT2D eigenvalue weighted by Gasteiger charge is 2.23. The zero-order chi connectivity index (χ0) is 22.2. The number of carbonyl (C=O) groups excluding carboxylic acids is 1. The minimum Gasteiger partial charge on any atom is -0.351 e. The molecule has 0 aliphatic carbocycles. The van der Waals surface area contributed by atoms with Crippen molar-refractivity contribution in [3.63, 3.8) is 0 Å². The Kier molecular flexibility index (Phi) is 5.38. The molecule has 4 heterocycles. The SMILES string of the molecule is Cc1nc(-c2ccnc(Nc3ccc4[nH]c(C(=O)N5CCCC(C)C5)cc4c3)n2)c(C)s1. The van der Waals surface area contributed by atoms with Gasteiger partial charge in [0, 0.05) is 40.8 Å². The number of rotatable bonds is 4. The van der Waals surface area contributed by atoms with Gasteiger partial charge in [-0.25, -0.2) is 15.0 Å². The number of H-pyrrole nitrogens is 1. The average molecular weight is 447 g/mol. The van der Waals surface area contributed by atoms with E-state index in [0.29, 0.717) is 17.6 Å². The molecule has 7 nitrogen and oxygen atoms in total. The van der Waals surface area contributed by atoms with Gasteiger partial charge in [-0.05, 0) is 62.9 Å². The number of aromatic nitrogens is 4. The number of aromatic amines is 1. The summed E-state index contributed by atoms with van der Waals surface area (Å²) in [7, 11) is 0. The number of amides is 1. The summed E-state index contributed by atoms with van der Waals surface area (Å²) in [6.07, 6.45) is 4.00. The number of thiazole rings is 1. The quantitative estimate of drug-likeness (QED) is 0.443. The molecular formula is C24H26N6OS. The Labute approximate surface area is 190 Å². The van der Waals surface area contributed by atoms with Gasteiger partial charge in [-0.2, -0.15) is 0 Å². The Bertz CT molecular complexity index is 1290. The predicted molar refractivity (Wildman–Crippen MR) is 128 cm³/mol. The van der Waals surface area contributed by atoms with Gasteiger partial charge >= 0.3 is 0 Å². The first kappa shape index (κ1) is 20.6. The summed E-state index contributed by atoms with van der Waals surface area (Å²) in [5, 5.41) is 5.28. The summed E-state index contributed by atoms with van der Waals surface area (Å²) in [6.45, 7) is 7.91. The molecule has 0 spiro atoms. The van der Waals surface area contributed by atoms with Crippen LogP contribution in [-0.2, 0) is 0 Å². The number of carbonyl (C=O) groups is 1. The second-order valence-corrected chi connectivity index (χ2v) is 9.92. The molecule has 1 atom stereocenters. The summed E-state index contributed by atoms with van der Waals surface area (Å²) in [4.78, 5) is 32.9. The molecule has 8 heteroatoms. The van der Waals surface area contributed by atoms with Crippen molar-refractivity contribution in [2.75, 3.05) is 18.4 Å². The number of hydrogen-bond acceptors (Lipinski definition) is 6. The smallest absolute Gasteiger partial charge is 0.270 e. The molecule has 1 amide bonds. The van der Waals surface area contributed by atoms with E-state index in [1.807, 2.05) is 42.2 Å². The van der Waals surface area contributed by atoms with Gasteiger partial charge in [0.05, 0.1) is 10.7 Å². The number of fused-ring (bicyclic) bond motifs is 1. The molecule has 3 aromatic heterocycles. The van der Waals surface area contributed by atoms with Crippen LogP contribution in [-0.4, -0.2) is 43.8 Å². The van der Waals surface area contributed by atoms with Crippen molar-refractivity contribution in [3.05, 3.63) is 52.1 Å². The molecule has 0 radical (unpaired) electrons. The van der Waals surface area contributed by atoms with Crippen molar-refractivity contribution in [2.24, 2.45) is 5.92 Å². The first-order valence-electron chi connectivity index (χ1n) is 10.9. The lowest BCUT2D eigenvalue weighted by atomic mass is 10.00. The Hall–Kier alpha value is -3.26. The molecule has 1 fully saturated rings. The zero-order valence-corrected chi connectivity index (χ0v) is 19.3. The monoisotopic (exact) mass is 446 g/mol. The molecule has 1 aliphatic rings. The fourth-order valence-electron chi connectivity index (χ4n) is 4.32. The van der Waals surface area contributed by atoms with Crippen molar-refractivity contribution < 1.29 is 4.79 Å². The van der Waals surface area contributed by atoms with E-state index in [-0.39, 0.29) is 5.91 Å². The van der Waals surface area contributed by atoms with Gasteiger partial charge in [0.25, 0.3) is 5.91 Å². The summed E-state index contributed by atoms with van der Waals surface area (Å²) in [6, 6.07) is 9.76. The maximum atomic E-state index is 12.9. The van der Waals surface area contributed by atoms with Crippen LogP contribution < -0.4 is 5.32 Å². The lowest BCUT2D eigenvalue weighted by Gasteiger charge is -2.30. The molecule has 1 aromatic carbocycles. The minimum atomic E-state index is 0.0761. The molecule has 32 heavy (non-hydrogen) atoms. The Morgan fingerprint density at radius 3 is 2.88 bits per heavy atom. The van der Waals surface area contributed by atoms with Crippen LogP contribution in [0, 0.1) is 19.8 Å². The molecule has 0 saturated carbocycles. The fourth-order valence-corrected chi connectivity index (χ4v) is 5.14. The molecule has 164 valence electrons. The van der Waals surface area contributed by atoms with Gasteiger partial charge in [-0.1, -0.05) is 6.92 Å². The van der Waals surface area contributed by atoms with Gasteiger partial charge in [0.2, 0.25) is 5.95 Å².